The summed E-state index contributed by atoms with van der Waals surface area (Å²) in [6.45, 7) is 2.67. The highest BCUT2D eigenvalue weighted by Crippen LogP contribution is 2.18. The molecule has 0 atom stereocenters. The van der Waals surface area contributed by atoms with Crippen LogP contribution in [0.5, 0.6) is 0 Å². The summed E-state index contributed by atoms with van der Waals surface area (Å²) in [5, 5.41) is 6.86. The molecule has 0 radical (unpaired) electrons. The number of fused-ring (bicyclic) bond motifs is 1. The van der Waals surface area contributed by atoms with E-state index in [1.165, 1.54) is 16.3 Å². The van der Waals surface area contributed by atoms with Gasteiger partial charge in [0.05, 0.1) is 6.54 Å². The molecule has 3 heteroatoms. The highest BCUT2D eigenvalue weighted by molar-refractivity contribution is 5.85. The molecular weight excluding hydrogens is 210 g/mol. The first kappa shape index (κ1) is 10.0. The van der Waals surface area contributed by atoms with Crippen LogP contribution in [0.25, 0.3) is 10.8 Å². The van der Waals surface area contributed by atoms with Crippen LogP contribution < -0.4 is 0 Å². The van der Waals surface area contributed by atoms with Gasteiger partial charge in [-0.1, -0.05) is 42.5 Å². The molecule has 0 saturated heterocycles. The molecule has 1 aromatic heterocycles. The number of aryl methyl sites for hydroxylation is 1. The Kier molecular flexibility index (Phi) is 2.37. The van der Waals surface area contributed by atoms with E-state index in [1.54, 1.807) is 6.33 Å². The van der Waals surface area contributed by atoms with Gasteiger partial charge in [-0.25, -0.2) is 9.67 Å². The summed E-state index contributed by atoms with van der Waals surface area (Å²) in [4.78, 5) is 4.14. The molecule has 17 heavy (non-hydrogen) atoms. The molecule has 0 spiro atoms. The molecule has 0 amide bonds. The third kappa shape index (κ3) is 1.91. The van der Waals surface area contributed by atoms with Crippen LogP contribution in [0.3, 0.4) is 0 Å². The zero-order valence-corrected chi connectivity index (χ0v) is 9.67. The molecule has 84 valence electrons. The summed E-state index contributed by atoms with van der Waals surface area (Å²) in [7, 11) is 0. The van der Waals surface area contributed by atoms with Crippen molar-refractivity contribution >= 4 is 10.8 Å². The van der Waals surface area contributed by atoms with E-state index in [0.29, 0.717) is 0 Å². The zero-order valence-electron chi connectivity index (χ0n) is 9.67. The first-order valence-electron chi connectivity index (χ1n) is 5.65. The molecule has 0 N–H and O–H groups in total. The van der Waals surface area contributed by atoms with Crippen LogP contribution in [0.4, 0.5) is 0 Å². The van der Waals surface area contributed by atoms with Crippen molar-refractivity contribution in [1.29, 1.82) is 0 Å². The van der Waals surface area contributed by atoms with Crippen molar-refractivity contribution in [1.82, 2.24) is 14.8 Å². The van der Waals surface area contributed by atoms with Gasteiger partial charge in [-0.05, 0) is 23.3 Å². The molecule has 3 aromatic rings. The third-order valence-corrected chi connectivity index (χ3v) is 2.86. The van der Waals surface area contributed by atoms with Crippen molar-refractivity contribution in [3.05, 3.63) is 60.2 Å². The van der Waals surface area contributed by atoms with Gasteiger partial charge >= 0.3 is 0 Å². The molecule has 0 aliphatic rings. The van der Waals surface area contributed by atoms with E-state index in [1.807, 2.05) is 11.6 Å². The minimum Gasteiger partial charge on any atom is -0.248 e. The summed E-state index contributed by atoms with van der Waals surface area (Å²) >= 11 is 0. The summed E-state index contributed by atoms with van der Waals surface area (Å²) in [6.07, 6.45) is 1.77. The standard InChI is InChI=1S/C14H13N3/c1-11-15-10-17(16-11)9-13-7-4-6-12-5-2-3-8-14(12)13/h2-8,10H,9H2,1H3. The molecule has 0 aliphatic heterocycles. The lowest BCUT2D eigenvalue weighted by Gasteiger charge is -2.06. The van der Waals surface area contributed by atoms with Gasteiger partial charge in [-0.3, -0.25) is 0 Å². The van der Waals surface area contributed by atoms with Crippen LogP contribution >= 0.6 is 0 Å². The van der Waals surface area contributed by atoms with Crippen molar-refractivity contribution in [2.45, 2.75) is 13.5 Å². The maximum atomic E-state index is 4.32. The van der Waals surface area contributed by atoms with E-state index in [2.05, 4.69) is 52.5 Å². The second-order valence-electron chi connectivity index (χ2n) is 4.13. The second-order valence-corrected chi connectivity index (χ2v) is 4.13. The van der Waals surface area contributed by atoms with Crippen LogP contribution in [0.2, 0.25) is 0 Å². The fourth-order valence-corrected chi connectivity index (χ4v) is 2.07. The molecule has 0 bridgehead atoms. The predicted molar refractivity (Wildman–Crippen MR) is 67.8 cm³/mol. The minimum absolute atomic E-state index is 0.766. The van der Waals surface area contributed by atoms with Crippen LogP contribution in [-0.4, -0.2) is 14.8 Å². The first-order chi connectivity index (χ1) is 8.33. The lowest BCUT2D eigenvalue weighted by molar-refractivity contribution is 0.682. The van der Waals surface area contributed by atoms with Crippen LogP contribution in [0.1, 0.15) is 11.4 Å². The molecular formula is C14H13N3. The third-order valence-electron chi connectivity index (χ3n) is 2.86. The molecule has 2 aromatic carbocycles. The van der Waals surface area contributed by atoms with E-state index >= 15 is 0 Å². The molecule has 3 rings (SSSR count). The summed E-state index contributed by atoms with van der Waals surface area (Å²) < 4.78 is 1.87. The lowest BCUT2D eigenvalue weighted by Crippen LogP contribution is -2.01. The number of hydrogen-bond acceptors (Lipinski definition) is 2. The smallest absolute Gasteiger partial charge is 0.147 e. The number of rotatable bonds is 2. The zero-order chi connectivity index (χ0) is 11.7. The van der Waals surface area contributed by atoms with E-state index in [4.69, 9.17) is 0 Å². The van der Waals surface area contributed by atoms with Gasteiger partial charge in [0.25, 0.3) is 0 Å². The Hall–Kier alpha value is -2.16. The lowest BCUT2D eigenvalue weighted by atomic mass is 10.0. The van der Waals surface area contributed by atoms with E-state index < -0.39 is 0 Å². The minimum atomic E-state index is 0.766. The SMILES string of the molecule is Cc1ncn(Cc2cccc3ccccc23)n1. The normalized spacial score (nSPS) is 10.9. The van der Waals surface area contributed by atoms with Crippen molar-refractivity contribution in [3.63, 3.8) is 0 Å². The van der Waals surface area contributed by atoms with Crippen molar-refractivity contribution in [3.8, 4) is 0 Å². The number of hydrogen-bond donors (Lipinski definition) is 0. The number of aromatic nitrogens is 3. The Morgan fingerprint density at radius 1 is 1.06 bits per heavy atom. The Bertz CT molecular complexity index is 650. The Balaban J connectivity index is 2.05. The highest BCUT2D eigenvalue weighted by atomic mass is 15.3. The molecule has 0 unspecified atom stereocenters. The topological polar surface area (TPSA) is 30.7 Å². The maximum Gasteiger partial charge on any atom is 0.147 e. The van der Waals surface area contributed by atoms with E-state index in [9.17, 15) is 0 Å². The van der Waals surface area contributed by atoms with Gasteiger partial charge in [0, 0.05) is 0 Å². The maximum absolute atomic E-state index is 4.32. The summed E-state index contributed by atoms with van der Waals surface area (Å²) in [5.41, 5.74) is 1.27. The highest BCUT2D eigenvalue weighted by Gasteiger charge is 2.02. The van der Waals surface area contributed by atoms with Crippen LogP contribution in [-0.2, 0) is 6.54 Å². The Morgan fingerprint density at radius 3 is 2.71 bits per heavy atom. The number of benzene rings is 2. The van der Waals surface area contributed by atoms with E-state index in [0.717, 1.165) is 12.4 Å². The fourth-order valence-electron chi connectivity index (χ4n) is 2.07. The number of nitrogens with zero attached hydrogens (tertiary/aromatic N) is 3. The Labute approximate surface area is 99.7 Å². The van der Waals surface area contributed by atoms with Crippen molar-refractivity contribution in [2.75, 3.05) is 0 Å². The van der Waals surface area contributed by atoms with Gasteiger partial charge in [-0.15, -0.1) is 0 Å². The molecule has 0 aliphatic carbocycles. The molecule has 0 fully saturated rings. The molecule has 3 nitrogen and oxygen atoms in total. The first-order valence-corrected chi connectivity index (χ1v) is 5.65. The van der Waals surface area contributed by atoms with Crippen molar-refractivity contribution in [2.24, 2.45) is 0 Å². The average Bonchev–Trinajstić information content (AvgIpc) is 2.75. The van der Waals surface area contributed by atoms with Gasteiger partial charge in [-0.2, -0.15) is 5.10 Å². The summed E-state index contributed by atoms with van der Waals surface area (Å²) in [6, 6.07) is 14.8. The van der Waals surface area contributed by atoms with E-state index in [-0.39, 0.29) is 0 Å². The van der Waals surface area contributed by atoms with Crippen molar-refractivity contribution < 1.29 is 0 Å². The quantitative estimate of drug-likeness (QED) is 0.668. The molecule has 1 heterocycles. The second kappa shape index (κ2) is 4.01. The predicted octanol–water partition coefficient (Wildman–Crippen LogP) is 2.79. The fraction of sp³-hybridized carbons (Fsp3) is 0.143. The Morgan fingerprint density at radius 2 is 1.88 bits per heavy atom. The largest absolute Gasteiger partial charge is 0.248 e. The summed E-state index contributed by atoms with van der Waals surface area (Å²) in [5.74, 6) is 0.810. The van der Waals surface area contributed by atoms with Gasteiger partial charge < -0.3 is 0 Å². The van der Waals surface area contributed by atoms with Crippen LogP contribution in [0, 0.1) is 6.92 Å². The van der Waals surface area contributed by atoms with Gasteiger partial charge in [0.2, 0.25) is 0 Å². The molecule has 0 saturated carbocycles. The van der Waals surface area contributed by atoms with Crippen LogP contribution in [0.15, 0.2) is 48.8 Å². The monoisotopic (exact) mass is 223 g/mol. The van der Waals surface area contributed by atoms with Gasteiger partial charge in [0.15, 0.2) is 0 Å². The van der Waals surface area contributed by atoms with Gasteiger partial charge in [0.1, 0.15) is 12.2 Å². The average molecular weight is 223 g/mol.